The third-order valence-corrected chi connectivity index (χ3v) is 7.10. The van der Waals surface area contributed by atoms with Crippen molar-refractivity contribution in [2.24, 2.45) is 0 Å². The summed E-state index contributed by atoms with van der Waals surface area (Å²) >= 11 is 1.55. The lowest BCUT2D eigenvalue weighted by molar-refractivity contribution is -0.384. The summed E-state index contributed by atoms with van der Waals surface area (Å²) in [4.78, 5) is 33.6. The molecule has 0 aliphatic carbocycles. The van der Waals surface area contributed by atoms with Gasteiger partial charge in [0.2, 0.25) is 0 Å². The quantitative estimate of drug-likeness (QED) is 0.276. The first-order chi connectivity index (χ1) is 17.5. The van der Waals surface area contributed by atoms with Gasteiger partial charge in [-0.25, -0.2) is 4.98 Å². The number of ether oxygens (including phenoxy) is 2. The molecule has 1 aliphatic heterocycles. The number of amides is 1. The summed E-state index contributed by atoms with van der Waals surface area (Å²) in [5, 5.41) is 13.0. The number of imidazole rings is 1. The Morgan fingerprint density at radius 1 is 1.06 bits per heavy atom. The number of thiazole rings is 1. The summed E-state index contributed by atoms with van der Waals surface area (Å²) in [5.41, 5.74) is 3.27. The smallest absolute Gasteiger partial charge is 0.269 e. The minimum atomic E-state index is -0.404. The molecule has 0 saturated carbocycles. The molecule has 1 amide bonds. The van der Waals surface area contributed by atoms with Gasteiger partial charge in [0.15, 0.2) is 4.96 Å². The van der Waals surface area contributed by atoms with Crippen molar-refractivity contribution < 1.29 is 19.2 Å². The molecule has 0 bridgehead atoms. The number of hydrogen-bond acceptors (Lipinski definition) is 8. The monoisotopic (exact) mass is 507 g/mol. The lowest BCUT2D eigenvalue weighted by Crippen LogP contribution is -2.48. The summed E-state index contributed by atoms with van der Waals surface area (Å²) in [5.74, 6) is 1.11. The molecule has 36 heavy (non-hydrogen) atoms. The Morgan fingerprint density at radius 3 is 2.33 bits per heavy atom. The van der Waals surface area contributed by atoms with Gasteiger partial charge in [0.25, 0.3) is 11.6 Å². The number of non-ortho nitro benzene ring substituents is 1. The van der Waals surface area contributed by atoms with E-state index in [4.69, 9.17) is 14.5 Å². The van der Waals surface area contributed by atoms with Crippen LogP contribution in [0.3, 0.4) is 0 Å². The first-order valence-corrected chi connectivity index (χ1v) is 12.3. The first-order valence-electron chi connectivity index (χ1n) is 11.4. The number of nitrogens with zero attached hydrogens (tertiary/aromatic N) is 5. The molecular weight excluding hydrogens is 482 g/mol. The second-order valence-electron chi connectivity index (χ2n) is 8.44. The predicted octanol–water partition coefficient (Wildman–Crippen LogP) is 3.95. The van der Waals surface area contributed by atoms with Gasteiger partial charge in [-0.05, 0) is 24.3 Å². The van der Waals surface area contributed by atoms with Gasteiger partial charge in [-0.3, -0.25) is 24.2 Å². The van der Waals surface area contributed by atoms with Gasteiger partial charge < -0.3 is 14.4 Å². The number of nitro benzene ring substituents is 1. The molecule has 2 aromatic heterocycles. The van der Waals surface area contributed by atoms with E-state index in [0.29, 0.717) is 49.8 Å². The van der Waals surface area contributed by atoms with Crippen molar-refractivity contribution >= 4 is 27.9 Å². The molecule has 0 atom stereocenters. The number of carbonyl (C=O) groups is 1. The number of benzene rings is 2. The van der Waals surface area contributed by atoms with Gasteiger partial charge in [0, 0.05) is 73.6 Å². The van der Waals surface area contributed by atoms with Gasteiger partial charge in [0.1, 0.15) is 11.5 Å². The summed E-state index contributed by atoms with van der Waals surface area (Å²) in [6, 6.07) is 11.7. The number of aromatic nitrogens is 2. The van der Waals surface area contributed by atoms with Crippen LogP contribution in [0.25, 0.3) is 16.2 Å². The Bertz CT molecular complexity index is 1380. The summed E-state index contributed by atoms with van der Waals surface area (Å²) in [6.45, 7) is 3.26. The second kappa shape index (κ2) is 9.96. The van der Waals surface area contributed by atoms with Crippen LogP contribution in [-0.2, 0) is 6.54 Å². The van der Waals surface area contributed by atoms with Crippen LogP contribution in [0.5, 0.6) is 11.5 Å². The zero-order valence-corrected chi connectivity index (χ0v) is 20.7. The topological polar surface area (TPSA) is 102 Å². The molecule has 4 aromatic rings. The average molecular weight is 508 g/mol. The van der Waals surface area contributed by atoms with Gasteiger partial charge in [-0.2, -0.15) is 0 Å². The number of piperazine rings is 1. The SMILES string of the molecule is COc1cc(OC)cc(C(=O)N2CCN(Cc3c(-c4ccc([N+](=O)[O-])cc4)nc4sccn34)CC2)c1. The van der Waals surface area contributed by atoms with E-state index in [1.807, 2.05) is 16.5 Å². The fourth-order valence-corrected chi connectivity index (χ4v) is 5.12. The van der Waals surface area contributed by atoms with E-state index in [-0.39, 0.29) is 11.6 Å². The molecule has 3 heterocycles. The molecule has 1 fully saturated rings. The van der Waals surface area contributed by atoms with Crippen molar-refractivity contribution in [1.82, 2.24) is 19.2 Å². The van der Waals surface area contributed by atoms with E-state index in [1.54, 1.807) is 55.9 Å². The van der Waals surface area contributed by atoms with Crippen molar-refractivity contribution in [3.8, 4) is 22.8 Å². The van der Waals surface area contributed by atoms with E-state index in [2.05, 4.69) is 9.30 Å². The second-order valence-corrected chi connectivity index (χ2v) is 9.31. The van der Waals surface area contributed by atoms with Gasteiger partial charge in [0.05, 0.1) is 30.5 Å². The van der Waals surface area contributed by atoms with E-state index in [1.165, 1.54) is 12.1 Å². The zero-order valence-electron chi connectivity index (χ0n) is 19.9. The molecule has 0 unspecified atom stereocenters. The van der Waals surface area contributed by atoms with Gasteiger partial charge in [-0.1, -0.05) is 0 Å². The van der Waals surface area contributed by atoms with E-state index in [9.17, 15) is 14.9 Å². The highest BCUT2D eigenvalue weighted by Crippen LogP contribution is 2.30. The maximum atomic E-state index is 13.1. The molecule has 11 heteroatoms. The normalized spacial score (nSPS) is 14.2. The molecular formula is C25H25N5O5S. The number of methoxy groups -OCH3 is 2. The van der Waals surface area contributed by atoms with E-state index >= 15 is 0 Å². The van der Waals surface area contributed by atoms with Crippen LogP contribution >= 0.6 is 11.3 Å². The summed E-state index contributed by atoms with van der Waals surface area (Å²) in [7, 11) is 3.13. The van der Waals surface area contributed by atoms with Crippen molar-refractivity contribution in [3.05, 3.63) is 75.4 Å². The third kappa shape index (κ3) is 4.62. The average Bonchev–Trinajstić information content (AvgIpc) is 3.51. The molecule has 1 saturated heterocycles. The fourth-order valence-electron chi connectivity index (χ4n) is 4.39. The predicted molar refractivity (Wildman–Crippen MR) is 136 cm³/mol. The van der Waals surface area contributed by atoms with Gasteiger partial charge >= 0.3 is 0 Å². The third-order valence-electron chi connectivity index (χ3n) is 6.34. The fraction of sp³-hybridized carbons (Fsp3) is 0.280. The lowest BCUT2D eigenvalue weighted by Gasteiger charge is -2.34. The van der Waals surface area contributed by atoms with Crippen LogP contribution in [0.4, 0.5) is 5.69 Å². The van der Waals surface area contributed by atoms with Crippen molar-refractivity contribution in [2.45, 2.75) is 6.54 Å². The standard InChI is InChI=1S/C25H25N5O5S/c1-34-20-13-18(14-21(15-20)35-2)24(31)28-9-7-27(8-10-28)16-22-23(26-25-29(22)11-12-36-25)17-3-5-19(6-4-17)30(32)33/h3-6,11-15H,7-10,16H2,1-2H3. The van der Waals surface area contributed by atoms with E-state index in [0.717, 1.165) is 21.9 Å². The maximum Gasteiger partial charge on any atom is 0.269 e. The number of hydrogen-bond donors (Lipinski definition) is 0. The minimum Gasteiger partial charge on any atom is -0.497 e. The Balaban J connectivity index is 1.31. The Labute approximate surface area is 211 Å². The van der Waals surface area contributed by atoms with Crippen molar-refractivity contribution in [3.63, 3.8) is 0 Å². The molecule has 0 N–H and O–H groups in total. The van der Waals surface area contributed by atoms with Crippen LogP contribution < -0.4 is 9.47 Å². The molecule has 0 spiro atoms. The molecule has 1 aliphatic rings. The molecule has 0 radical (unpaired) electrons. The van der Waals surface area contributed by atoms with Crippen molar-refractivity contribution in [1.29, 1.82) is 0 Å². The van der Waals surface area contributed by atoms with Crippen LogP contribution in [-0.4, -0.2) is 70.4 Å². The molecule has 186 valence electrons. The highest BCUT2D eigenvalue weighted by Gasteiger charge is 2.25. The zero-order chi connectivity index (χ0) is 25.2. The van der Waals surface area contributed by atoms with Gasteiger partial charge in [-0.15, -0.1) is 11.3 Å². The number of carbonyl (C=O) groups excluding carboxylic acids is 1. The summed E-state index contributed by atoms with van der Waals surface area (Å²) in [6.07, 6.45) is 1.99. The van der Waals surface area contributed by atoms with Crippen LogP contribution in [0.2, 0.25) is 0 Å². The first kappa shape index (κ1) is 23.8. The minimum absolute atomic E-state index is 0.0516. The Morgan fingerprint density at radius 2 is 1.72 bits per heavy atom. The number of rotatable bonds is 7. The van der Waals surface area contributed by atoms with Crippen molar-refractivity contribution in [2.75, 3.05) is 40.4 Å². The lowest BCUT2D eigenvalue weighted by atomic mass is 10.1. The van der Waals surface area contributed by atoms with E-state index < -0.39 is 4.92 Å². The highest BCUT2D eigenvalue weighted by atomic mass is 32.1. The molecule has 2 aromatic carbocycles. The maximum absolute atomic E-state index is 13.1. The number of fused-ring (bicyclic) bond motifs is 1. The van der Waals surface area contributed by atoms with Crippen LogP contribution in [0.1, 0.15) is 16.1 Å². The van der Waals surface area contributed by atoms with Crippen LogP contribution in [0, 0.1) is 10.1 Å². The van der Waals surface area contributed by atoms with Crippen LogP contribution in [0.15, 0.2) is 54.0 Å². The molecule has 5 rings (SSSR count). The highest BCUT2D eigenvalue weighted by molar-refractivity contribution is 7.15. The summed E-state index contributed by atoms with van der Waals surface area (Å²) < 4.78 is 12.7. The largest absolute Gasteiger partial charge is 0.497 e. The number of nitro groups is 1. The Kier molecular flexibility index (Phi) is 6.57. The Hall–Kier alpha value is -3.96. The molecule has 10 nitrogen and oxygen atoms in total.